The van der Waals surface area contributed by atoms with Gasteiger partial charge in [-0.15, -0.1) is 0 Å². The average molecular weight is 401 g/mol. The van der Waals surface area contributed by atoms with Gasteiger partial charge in [0.1, 0.15) is 0 Å². The van der Waals surface area contributed by atoms with Crippen LogP contribution in [0.15, 0.2) is 48.5 Å². The number of rotatable bonds is 9. The minimum absolute atomic E-state index is 0.287. The summed E-state index contributed by atoms with van der Waals surface area (Å²) < 4.78 is 16.4. The van der Waals surface area contributed by atoms with Crippen LogP contribution in [0, 0.1) is 0 Å². The van der Waals surface area contributed by atoms with E-state index in [9.17, 15) is 5.11 Å². The predicted molar refractivity (Wildman–Crippen MR) is 113 cm³/mol. The highest BCUT2D eigenvalue weighted by atomic mass is 16.5. The van der Waals surface area contributed by atoms with Crippen LogP contribution in [0.3, 0.4) is 0 Å². The second-order valence-electron chi connectivity index (χ2n) is 7.54. The van der Waals surface area contributed by atoms with Crippen molar-refractivity contribution in [3.8, 4) is 11.5 Å². The number of ether oxygens (including phenoxy) is 3. The molecule has 1 aliphatic heterocycles. The average Bonchev–Trinajstić information content (AvgIpc) is 2.75. The minimum atomic E-state index is -0.537. The van der Waals surface area contributed by atoms with Gasteiger partial charge in [-0.1, -0.05) is 36.4 Å². The standard InChI is InChI=1S/C23H32N2O4/c1-24-11-12-25(21(15-24)19-7-5-4-6-8-19)14-20(26)17-29-16-18-9-10-22(27-2)23(13-18)28-3/h4-10,13,20-21,26H,11-12,14-17H2,1-3H3/t20-,21+/m0/s1. The van der Waals surface area contributed by atoms with Gasteiger partial charge in [0, 0.05) is 32.2 Å². The SMILES string of the molecule is COc1ccc(COC[C@@H](O)CN2CCN(C)C[C@@H]2c2ccccc2)cc1OC. The fraction of sp³-hybridized carbons (Fsp3) is 0.478. The van der Waals surface area contributed by atoms with Gasteiger partial charge >= 0.3 is 0 Å². The third-order valence-electron chi connectivity index (χ3n) is 5.35. The summed E-state index contributed by atoms with van der Waals surface area (Å²) in [5, 5.41) is 10.6. The number of nitrogens with zero attached hydrogens (tertiary/aromatic N) is 2. The van der Waals surface area contributed by atoms with Crippen LogP contribution < -0.4 is 9.47 Å². The number of likely N-dealkylation sites (N-methyl/N-ethyl adjacent to an activating group) is 1. The molecule has 2 aromatic carbocycles. The Bertz CT molecular complexity index is 756. The Kier molecular flexibility index (Phi) is 7.89. The Hall–Kier alpha value is -2.12. The first-order chi connectivity index (χ1) is 14.1. The lowest BCUT2D eigenvalue weighted by Crippen LogP contribution is -2.49. The number of aliphatic hydroxyl groups is 1. The second kappa shape index (κ2) is 10.6. The lowest BCUT2D eigenvalue weighted by atomic mass is 10.0. The number of β-amino-alcohol motifs (C(OH)–C–C–N with tert-alkyl or cyclic N) is 1. The molecule has 0 aliphatic carbocycles. The first-order valence-electron chi connectivity index (χ1n) is 10.0. The first-order valence-corrected chi connectivity index (χ1v) is 10.0. The molecule has 2 atom stereocenters. The molecular formula is C23H32N2O4. The summed E-state index contributed by atoms with van der Waals surface area (Å²) in [7, 11) is 5.38. The number of hydrogen-bond donors (Lipinski definition) is 1. The molecule has 1 heterocycles. The maximum absolute atomic E-state index is 10.6. The molecule has 0 spiro atoms. The highest BCUT2D eigenvalue weighted by molar-refractivity contribution is 5.42. The summed E-state index contributed by atoms with van der Waals surface area (Å²) in [5.41, 5.74) is 2.27. The van der Waals surface area contributed by atoms with E-state index in [1.165, 1.54) is 5.56 Å². The van der Waals surface area contributed by atoms with Gasteiger partial charge in [-0.05, 0) is 30.3 Å². The van der Waals surface area contributed by atoms with Crippen LogP contribution in [0.5, 0.6) is 11.5 Å². The zero-order chi connectivity index (χ0) is 20.6. The van der Waals surface area contributed by atoms with E-state index in [1.807, 2.05) is 24.3 Å². The molecule has 1 N–H and O–H groups in total. The molecule has 0 amide bonds. The number of hydrogen-bond acceptors (Lipinski definition) is 6. The van der Waals surface area contributed by atoms with Gasteiger partial charge < -0.3 is 24.2 Å². The lowest BCUT2D eigenvalue weighted by Gasteiger charge is -2.41. The summed E-state index contributed by atoms with van der Waals surface area (Å²) in [6.45, 7) is 4.21. The van der Waals surface area contributed by atoms with E-state index in [-0.39, 0.29) is 6.04 Å². The topological polar surface area (TPSA) is 54.4 Å². The van der Waals surface area contributed by atoms with Crippen molar-refractivity contribution in [3.63, 3.8) is 0 Å². The minimum Gasteiger partial charge on any atom is -0.493 e. The maximum atomic E-state index is 10.6. The van der Waals surface area contributed by atoms with E-state index in [1.54, 1.807) is 14.2 Å². The highest BCUT2D eigenvalue weighted by Gasteiger charge is 2.28. The summed E-state index contributed by atoms with van der Waals surface area (Å²) in [4.78, 5) is 4.70. The van der Waals surface area contributed by atoms with Gasteiger partial charge in [0.05, 0.1) is 33.5 Å². The zero-order valence-electron chi connectivity index (χ0n) is 17.6. The predicted octanol–water partition coefficient (Wildman–Crippen LogP) is 2.57. The van der Waals surface area contributed by atoms with Crippen molar-refractivity contribution in [2.75, 3.05) is 54.1 Å². The molecule has 0 unspecified atom stereocenters. The van der Waals surface area contributed by atoms with Crippen molar-refractivity contribution in [3.05, 3.63) is 59.7 Å². The van der Waals surface area contributed by atoms with Gasteiger partial charge in [-0.3, -0.25) is 4.90 Å². The molecule has 2 aromatic rings. The fourth-order valence-corrected chi connectivity index (χ4v) is 3.77. The quantitative estimate of drug-likeness (QED) is 0.698. The molecule has 158 valence electrons. The van der Waals surface area contributed by atoms with Crippen molar-refractivity contribution in [2.45, 2.75) is 18.8 Å². The van der Waals surface area contributed by atoms with Crippen molar-refractivity contribution >= 4 is 0 Å². The van der Waals surface area contributed by atoms with Gasteiger partial charge in [0.15, 0.2) is 11.5 Å². The van der Waals surface area contributed by atoms with Crippen LogP contribution in [0.1, 0.15) is 17.2 Å². The normalized spacial score (nSPS) is 19.1. The Morgan fingerprint density at radius 2 is 1.79 bits per heavy atom. The molecule has 3 rings (SSSR count). The first kappa shape index (κ1) is 21.6. The third kappa shape index (κ3) is 5.93. The van der Waals surface area contributed by atoms with Gasteiger partial charge in [-0.25, -0.2) is 0 Å². The smallest absolute Gasteiger partial charge is 0.161 e. The van der Waals surface area contributed by atoms with Crippen molar-refractivity contribution in [1.29, 1.82) is 0 Å². The third-order valence-corrected chi connectivity index (χ3v) is 5.35. The molecule has 0 aromatic heterocycles. The van der Waals surface area contributed by atoms with Crippen LogP contribution in [-0.4, -0.2) is 75.1 Å². The van der Waals surface area contributed by atoms with Gasteiger partial charge in [0.25, 0.3) is 0 Å². The Morgan fingerprint density at radius 1 is 1.03 bits per heavy atom. The van der Waals surface area contributed by atoms with Crippen LogP contribution in [0.25, 0.3) is 0 Å². The van der Waals surface area contributed by atoms with E-state index in [0.29, 0.717) is 31.3 Å². The molecule has 0 saturated carbocycles. The molecule has 29 heavy (non-hydrogen) atoms. The van der Waals surface area contributed by atoms with Crippen molar-refractivity contribution in [2.24, 2.45) is 0 Å². The fourth-order valence-electron chi connectivity index (χ4n) is 3.77. The zero-order valence-corrected chi connectivity index (χ0v) is 17.6. The number of methoxy groups -OCH3 is 2. The van der Waals surface area contributed by atoms with Crippen LogP contribution in [0.4, 0.5) is 0 Å². The summed E-state index contributed by atoms with van der Waals surface area (Å²) in [5.74, 6) is 1.37. The Balaban J connectivity index is 1.52. The largest absolute Gasteiger partial charge is 0.493 e. The Labute approximate surface area is 173 Å². The molecule has 0 radical (unpaired) electrons. The molecule has 1 fully saturated rings. The maximum Gasteiger partial charge on any atom is 0.161 e. The monoisotopic (exact) mass is 400 g/mol. The molecule has 0 bridgehead atoms. The van der Waals surface area contributed by atoms with E-state index >= 15 is 0 Å². The van der Waals surface area contributed by atoms with Gasteiger partial charge in [0.2, 0.25) is 0 Å². The molecule has 1 saturated heterocycles. The highest BCUT2D eigenvalue weighted by Crippen LogP contribution is 2.28. The van der Waals surface area contributed by atoms with Crippen LogP contribution >= 0.6 is 0 Å². The number of piperazine rings is 1. The Morgan fingerprint density at radius 3 is 2.52 bits per heavy atom. The molecule has 6 heteroatoms. The number of aliphatic hydroxyl groups excluding tert-OH is 1. The number of benzene rings is 2. The molecular weight excluding hydrogens is 368 g/mol. The van der Waals surface area contributed by atoms with E-state index in [2.05, 4.69) is 41.1 Å². The van der Waals surface area contributed by atoms with E-state index in [0.717, 1.165) is 25.2 Å². The van der Waals surface area contributed by atoms with Crippen LogP contribution in [-0.2, 0) is 11.3 Å². The van der Waals surface area contributed by atoms with Crippen molar-refractivity contribution in [1.82, 2.24) is 9.80 Å². The summed E-state index contributed by atoms with van der Waals surface area (Å²) >= 11 is 0. The van der Waals surface area contributed by atoms with E-state index in [4.69, 9.17) is 14.2 Å². The van der Waals surface area contributed by atoms with Crippen LogP contribution in [0.2, 0.25) is 0 Å². The summed E-state index contributed by atoms with van der Waals surface area (Å²) in [6, 6.07) is 16.5. The molecule has 1 aliphatic rings. The van der Waals surface area contributed by atoms with Gasteiger partial charge in [-0.2, -0.15) is 0 Å². The summed E-state index contributed by atoms with van der Waals surface area (Å²) in [6.07, 6.45) is -0.537. The second-order valence-corrected chi connectivity index (χ2v) is 7.54. The lowest BCUT2D eigenvalue weighted by molar-refractivity contribution is -0.0116. The van der Waals surface area contributed by atoms with Crippen molar-refractivity contribution < 1.29 is 19.3 Å². The van der Waals surface area contributed by atoms with E-state index < -0.39 is 6.10 Å². The molecule has 6 nitrogen and oxygen atoms in total.